The molecule has 25 heavy (non-hydrogen) atoms. The SMILES string of the molecule is Cc1cnccc1CNC(=O)N1C[C@H](C)O[C@@H](c2ccc(F)cc2)C1. The molecule has 0 saturated carbocycles. The molecule has 0 aliphatic carbocycles. The van der Waals surface area contributed by atoms with Crippen molar-refractivity contribution in [2.24, 2.45) is 0 Å². The van der Waals surface area contributed by atoms with E-state index in [4.69, 9.17) is 4.74 Å². The summed E-state index contributed by atoms with van der Waals surface area (Å²) in [5.74, 6) is -0.282. The molecule has 2 heterocycles. The largest absolute Gasteiger partial charge is 0.367 e. The zero-order valence-corrected chi connectivity index (χ0v) is 14.4. The number of ether oxygens (including phenoxy) is 1. The summed E-state index contributed by atoms with van der Waals surface area (Å²) in [6.45, 7) is 5.33. The van der Waals surface area contributed by atoms with Gasteiger partial charge in [0.05, 0.1) is 12.6 Å². The summed E-state index contributed by atoms with van der Waals surface area (Å²) in [5.41, 5.74) is 2.96. The molecule has 5 nitrogen and oxygen atoms in total. The number of hydrogen-bond donors (Lipinski definition) is 1. The normalized spacial score (nSPS) is 20.4. The molecule has 1 aliphatic heterocycles. The van der Waals surface area contributed by atoms with Gasteiger partial charge in [0.2, 0.25) is 0 Å². The maximum Gasteiger partial charge on any atom is 0.317 e. The molecule has 1 fully saturated rings. The standard InChI is InChI=1S/C19H22FN3O2/c1-13-9-21-8-7-16(13)10-22-19(24)23-11-14(2)25-18(12-23)15-3-5-17(20)6-4-15/h3-9,14,18H,10-12H2,1-2H3,(H,22,24)/t14-,18+/m0/s1. The lowest BCUT2D eigenvalue weighted by Gasteiger charge is -2.37. The van der Waals surface area contributed by atoms with Gasteiger partial charge < -0.3 is 15.0 Å². The van der Waals surface area contributed by atoms with Crippen molar-refractivity contribution >= 4 is 6.03 Å². The first-order valence-corrected chi connectivity index (χ1v) is 8.36. The Balaban J connectivity index is 1.63. The fourth-order valence-electron chi connectivity index (χ4n) is 2.96. The summed E-state index contributed by atoms with van der Waals surface area (Å²) in [4.78, 5) is 18.3. The van der Waals surface area contributed by atoms with E-state index < -0.39 is 0 Å². The van der Waals surface area contributed by atoms with Crippen LogP contribution in [-0.2, 0) is 11.3 Å². The Bertz CT molecular complexity index is 736. The molecule has 1 aromatic heterocycles. The maximum absolute atomic E-state index is 13.1. The van der Waals surface area contributed by atoms with Gasteiger partial charge in [0.25, 0.3) is 0 Å². The number of amides is 2. The Morgan fingerprint density at radius 3 is 2.80 bits per heavy atom. The van der Waals surface area contributed by atoms with E-state index in [1.807, 2.05) is 19.9 Å². The van der Waals surface area contributed by atoms with Crippen LogP contribution in [0.1, 0.15) is 29.7 Å². The van der Waals surface area contributed by atoms with Gasteiger partial charge in [-0.2, -0.15) is 0 Å². The van der Waals surface area contributed by atoms with E-state index in [2.05, 4.69) is 10.3 Å². The van der Waals surface area contributed by atoms with Gasteiger partial charge in [0.1, 0.15) is 11.9 Å². The molecular formula is C19H22FN3O2. The minimum atomic E-state index is -0.282. The van der Waals surface area contributed by atoms with Gasteiger partial charge in [0.15, 0.2) is 0 Å². The number of carbonyl (C=O) groups is 1. The predicted octanol–water partition coefficient (Wildman–Crippen LogP) is 3.20. The highest BCUT2D eigenvalue weighted by Gasteiger charge is 2.29. The first-order chi connectivity index (χ1) is 12.0. The highest BCUT2D eigenvalue weighted by atomic mass is 19.1. The second-order valence-corrected chi connectivity index (χ2v) is 6.35. The number of pyridine rings is 1. The number of nitrogens with zero attached hydrogens (tertiary/aromatic N) is 2. The number of nitrogens with one attached hydrogen (secondary N) is 1. The average Bonchev–Trinajstić information content (AvgIpc) is 2.61. The maximum atomic E-state index is 13.1. The number of morpholine rings is 1. The van der Waals surface area contributed by atoms with Gasteiger partial charge in [-0.25, -0.2) is 9.18 Å². The number of benzene rings is 1. The van der Waals surface area contributed by atoms with Crippen molar-refractivity contribution < 1.29 is 13.9 Å². The van der Waals surface area contributed by atoms with Crippen molar-refractivity contribution in [3.8, 4) is 0 Å². The smallest absolute Gasteiger partial charge is 0.317 e. The van der Waals surface area contributed by atoms with Gasteiger partial charge in [-0.05, 0) is 48.7 Å². The van der Waals surface area contributed by atoms with Crippen LogP contribution >= 0.6 is 0 Å². The Hall–Kier alpha value is -2.47. The summed E-state index contributed by atoms with van der Waals surface area (Å²) in [5, 5.41) is 2.95. The van der Waals surface area contributed by atoms with E-state index in [0.717, 1.165) is 16.7 Å². The molecule has 0 bridgehead atoms. The summed E-state index contributed by atoms with van der Waals surface area (Å²) < 4.78 is 19.0. The minimum absolute atomic E-state index is 0.0859. The molecule has 6 heteroatoms. The lowest BCUT2D eigenvalue weighted by molar-refractivity contribution is -0.0657. The Kier molecular flexibility index (Phi) is 5.28. The van der Waals surface area contributed by atoms with Gasteiger partial charge in [-0.3, -0.25) is 4.98 Å². The quantitative estimate of drug-likeness (QED) is 0.931. The highest BCUT2D eigenvalue weighted by Crippen LogP contribution is 2.25. The van der Waals surface area contributed by atoms with Gasteiger partial charge in [-0.15, -0.1) is 0 Å². The van der Waals surface area contributed by atoms with Gasteiger partial charge in [-0.1, -0.05) is 12.1 Å². The van der Waals surface area contributed by atoms with Crippen molar-refractivity contribution in [1.29, 1.82) is 0 Å². The van der Waals surface area contributed by atoms with E-state index in [0.29, 0.717) is 19.6 Å². The molecule has 132 valence electrons. The molecule has 2 amide bonds. The van der Waals surface area contributed by atoms with Gasteiger partial charge >= 0.3 is 6.03 Å². The van der Waals surface area contributed by atoms with Crippen LogP contribution in [0.25, 0.3) is 0 Å². The van der Waals surface area contributed by atoms with Crippen LogP contribution in [0.15, 0.2) is 42.7 Å². The van der Waals surface area contributed by atoms with Crippen LogP contribution in [-0.4, -0.2) is 35.1 Å². The van der Waals surface area contributed by atoms with E-state index in [-0.39, 0.29) is 24.1 Å². The molecule has 2 atom stereocenters. The summed E-state index contributed by atoms with van der Waals surface area (Å²) >= 11 is 0. The first kappa shape index (κ1) is 17.4. The third-order valence-corrected chi connectivity index (χ3v) is 4.36. The number of hydrogen-bond acceptors (Lipinski definition) is 3. The second-order valence-electron chi connectivity index (χ2n) is 6.35. The Morgan fingerprint density at radius 2 is 2.08 bits per heavy atom. The van der Waals surface area contributed by atoms with Crippen LogP contribution in [0.3, 0.4) is 0 Å². The van der Waals surface area contributed by atoms with E-state index in [9.17, 15) is 9.18 Å². The van der Waals surface area contributed by atoms with Crippen LogP contribution in [0, 0.1) is 12.7 Å². The topological polar surface area (TPSA) is 54.5 Å². The fourth-order valence-corrected chi connectivity index (χ4v) is 2.96. The molecule has 3 rings (SSSR count). The van der Waals surface area contributed by atoms with Crippen LogP contribution in [0.2, 0.25) is 0 Å². The van der Waals surface area contributed by atoms with Gasteiger partial charge in [0, 0.05) is 25.5 Å². The van der Waals surface area contributed by atoms with Crippen molar-refractivity contribution in [2.45, 2.75) is 32.6 Å². The van der Waals surface area contributed by atoms with Crippen molar-refractivity contribution in [2.75, 3.05) is 13.1 Å². The van der Waals surface area contributed by atoms with E-state index in [1.165, 1.54) is 12.1 Å². The third-order valence-electron chi connectivity index (χ3n) is 4.36. The molecule has 1 N–H and O–H groups in total. The molecular weight excluding hydrogens is 321 g/mol. The monoisotopic (exact) mass is 343 g/mol. The average molecular weight is 343 g/mol. The number of halogens is 1. The molecule has 1 aliphatic rings. The molecule has 1 saturated heterocycles. The number of aromatic nitrogens is 1. The number of aryl methyl sites for hydroxylation is 1. The Labute approximate surface area is 146 Å². The summed E-state index contributed by atoms with van der Waals surface area (Å²) in [6, 6.07) is 8.00. The first-order valence-electron chi connectivity index (χ1n) is 8.36. The highest BCUT2D eigenvalue weighted by molar-refractivity contribution is 5.74. The zero-order valence-electron chi connectivity index (χ0n) is 14.4. The van der Waals surface area contributed by atoms with Crippen molar-refractivity contribution in [3.63, 3.8) is 0 Å². The second kappa shape index (κ2) is 7.61. The molecule has 0 radical (unpaired) electrons. The van der Waals surface area contributed by atoms with Crippen molar-refractivity contribution in [3.05, 3.63) is 65.2 Å². The number of rotatable bonds is 3. The number of carbonyl (C=O) groups excluding carboxylic acids is 1. The molecule has 0 unspecified atom stereocenters. The third kappa shape index (κ3) is 4.33. The fraction of sp³-hybridized carbons (Fsp3) is 0.368. The van der Waals surface area contributed by atoms with Crippen LogP contribution in [0.4, 0.5) is 9.18 Å². The zero-order chi connectivity index (χ0) is 17.8. The summed E-state index contributed by atoms with van der Waals surface area (Å²) in [6.07, 6.45) is 3.16. The van der Waals surface area contributed by atoms with Crippen LogP contribution in [0.5, 0.6) is 0 Å². The molecule has 1 aromatic carbocycles. The molecule has 0 spiro atoms. The summed E-state index contributed by atoms with van der Waals surface area (Å²) in [7, 11) is 0. The number of urea groups is 1. The lowest BCUT2D eigenvalue weighted by Crippen LogP contribution is -2.49. The van der Waals surface area contributed by atoms with E-state index >= 15 is 0 Å². The molecule has 2 aromatic rings. The van der Waals surface area contributed by atoms with E-state index in [1.54, 1.807) is 29.4 Å². The predicted molar refractivity (Wildman–Crippen MR) is 92.5 cm³/mol. The minimum Gasteiger partial charge on any atom is -0.367 e. The van der Waals surface area contributed by atoms with Crippen LogP contribution < -0.4 is 5.32 Å². The van der Waals surface area contributed by atoms with Crippen molar-refractivity contribution in [1.82, 2.24) is 15.2 Å². The lowest BCUT2D eigenvalue weighted by atomic mass is 10.1. The Morgan fingerprint density at radius 1 is 1.32 bits per heavy atom.